The van der Waals surface area contributed by atoms with Crippen LogP contribution in [-0.2, 0) is 10.0 Å². The quantitative estimate of drug-likeness (QED) is 0.656. The van der Waals surface area contributed by atoms with E-state index in [1.807, 2.05) is 0 Å². The highest BCUT2D eigenvalue weighted by Crippen LogP contribution is 2.22. The van der Waals surface area contributed by atoms with Crippen LogP contribution in [0, 0.1) is 5.82 Å². The van der Waals surface area contributed by atoms with E-state index in [2.05, 4.69) is 5.32 Å². The number of amides is 1. The van der Waals surface area contributed by atoms with Gasteiger partial charge in [-0.2, -0.15) is 13.2 Å². The van der Waals surface area contributed by atoms with Gasteiger partial charge in [0, 0.05) is 5.56 Å². The minimum atomic E-state index is -4.72. The van der Waals surface area contributed by atoms with Crippen molar-refractivity contribution in [2.45, 2.75) is 24.0 Å². The summed E-state index contributed by atoms with van der Waals surface area (Å²) in [5.74, 6) is -1.26. The molecule has 2 rings (SSSR count). The van der Waals surface area contributed by atoms with Crippen molar-refractivity contribution in [2.75, 3.05) is 13.7 Å². The number of alkyl halides is 3. The van der Waals surface area contributed by atoms with Crippen molar-refractivity contribution in [2.24, 2.45) is 0 Å². The molecule has 0 aliphatic heterocycles. The molecule has 0 fully saturated rings. The molecule has 1 amide bonds. The molecule has 2 aromatic carbocycles. The Morgan fingerprint density at radius 2 is 1.86 bits per heavy atom. The lowest BCUT2D eigenvalue weighted by molar-refractivity contribution is -0.121. The predicted molar refractivity (Wildman–Crippen MR) is 96.5 cm³/mol. The van der Waals surface area contributed by atoms with Gasteiger partial charge in [-0.3, -0.25) is 4.79 Å². The molecule has 0 aliphatic rings. The first-order valence-corrected chi connectivity index (χ1v) is 9.72. The minimum absolute atomic E-state index is 0.0385. The summed E-state index contributed by atoms with van der Waals surface area (Å²) < 4.78 is 80.9. The molecule has 1 atom stereocenters. The van der Waals surface area contributed by atoms with E-state index in [9.17, 15) is 30.8 Å². The van der Waals surface area contributed by atoms with E-state index in [0.29, 0.717) is 5.56 Å². The molecule has 2 N–H and O–H groups in total. The molecule has 29 heavy (non-hydrogen) atoms. The van der Waals surface area contributed by atoms with Gasteiger partial charge in [-0.15, -0.1) is 0 Å². The molecule has 11 heteroatoms. The summed E-state index contributed by atoms with van der Waals surface area (Å²) in [4.78, 5) is 11.9. The molecule has 1 unspecified atom stereocenters. The number of benzene rings is 2. The summed E-state index contributed by atoms with van der Waals surface area (Å²) in [6.45, 7) is -0.142. The van der Waals surface area contributed by atoms with Crippen LogP contribution >= 0.6 is 0 Å². The number of carbonyl (C=O) groups excluding carboxylic acids is 1. The van der Waals surface area contributed by atoms with Crippen molar-refractivity contribution in [1.29, 1.82) is 0 Å². The first-order chi connectivity index (χ1) is 13.4. The number of hydrogen-bond acceptors (Lipinski definition) is 4. The maximum atomic E-state index is 13.8. The number of sulfonamides is 1. The average Bonchev–Trinajstić information content (AvgIpc) is 2.66. The summed E-state index contributed by atoms with van der Waals surface area (Å²) in [7, 11) is -3.14. The second-order valence-corrected chi connectivity index (χ2v) is 7.82. The molecule has 0 aliphatic carbocycles. The Hall–Kier alpha value is -2.66. The normalized spacial score (nSPS) is 13.0. The smallest absolute Gasteiger partial charge is 0.402 e. The lowest BCUT2D eigenvalue weighted by Crippen LogP contribution is -2.34. The first kappa shape index (κ1) is 22.6. The minimum Gasteiger partial charge on any atom is -0.494 e. The zero-order valence-electron chi connectivity index (χ0n) is 15.4. The van der Waals surface area contributed by atoms with Gasteiger partial charge in [0.2, 0.25) is 10.0 Å². The van der Waals surface area contributed by atoms with Crippen LogP contribution in [-0.4, -0.2) is 34.2 Å². The topological polar surface area (TPSA) is 84.5 Å². The molecule has 158 valence electrons. The van der Waals surface area contributed by atoms with E-state index in [-0.39, 0.29) is 11.3 Å². The molecule has 0 spiro atoms. The van der Waals surface area contributed by atoms with Gasteiger partial charge in [0.25, 0.3) is 5.91 Å². The van der Waals surface area contributed by atoms with E-state index < -0.39 is 45.4 Å². The van der Waals surface area contributed by atoms with Gasteiger partial charge in [0.15, 0.2) is 11.6 Å². The Bertz CT molecular complexity index is 994. The van der Waals surface area contributed by atoms with Gasteiger partial charge in [0.1, 0.15) is 6.54 Å². The van der Waals surface area contributed by atoms with Crippen LogP contribution in [0.4, 0.5) is 17.6 Å². The number of rotatable bonds is 7. The highest BCUT2D eigenvalue weighted by atomic mass is 32.2. The van der Waals surface area contributed by atoms with Crippen LogP contribution in [0.25, 0.3) is 0 Å². The molecule has 0 saturated heterocycles. The van der Waals surface area contributed by atoms with Crippen LogP contribution in [0.1, 0.15) is 28.9 Å². The number of methoxy groups -OCH3 is 1. The maximum Gasteiger partial charge on any atom is 0.402 e. The second-order valence-electron chi connectivity index (χ2n) is 6.06. The molecule has 6 nitrogen and oxygen atoms in total. The van der Waals surface area contributed by atoms with Crippen molar-refractivity contribution < 1.29 is 35.5 Å². The Morgan fingerprint density at radius 1 is 1.17 bits per heavy atom. The standard InChI is InChI=1S/C18H18F4N2O4S/c1-11(12-6-7-16(28-2)15(19)9-12)24-17(25)13-4-3-5-14(8-13)29(26,27)23-10-18(20,21)22/h3-9,11,23H,10H2,1-2H3,(H,24,25). The Morgan fingerprint density at radius 3 is 2.45 bits per heavy atom. The van der Waals surface area contributed by atoms with E-state index >= 15 is 0 Å². The number of halogens is 4. The highest BCUT2D eigenvalue weighted by molar-refractivity contribution is 7.89. The van der Waals surface area contributed by atoms with Crippen molar-refractivity contribution in [3.63, 3.8) is 0 Å². The van der Waals surface area contributed by atoms with Gasteiger partial charge in [-0.25, -0.2) is 17.5 Å². The Kier molecular flexibility index (Phi) is 6.85. The van der Waals surface area contributed by atoms with Crippen molar-refractivity contribution in [3.8, 4) is 5.75 Å². The summed E-state index contributed by atoms with van der Waals surface area (Å²) >= 11 is 0. The average molecular weight is 434 g/mol. The third kappa shape index (κ3) is 6.16. The SMILES string of the molecule is COc1ccc(C(C)NC(=O)c2cccc(S(=O)(=O)NCC(F)(F)F)c2)cc1F. The summed E-state index contributed by atoms with van der Waals surface area (Å²) in [6.07, 6.45) is -4.72. The van der Waals surface area contributed by atoms with E-state index in [1.165, 1.54) is 36.1 Å². The van der Waals surface area contributed by atoms with Crippen molar-refractivity contribution in [3.05, 3.63) is 59.4 Å². The number of hydrogen-bond donors (Lipinski definition) is 2. The fourth-order valence-corrected chi connectivity index (χ4v) is 3.44. The number of nitrogens with one attached hydrogen (secondary N) is 2. The number of carbonyl (C=O) groups is 1. The third-order valence-corrected chi connectivity index (χ3v) is 5.29. The first-order valence-electron chi connectivity index (χ1n) is 8.24. The highest BCUT2D eigenvalue weighted by Gasteiger charge is 2.30. The lowest BCUT2D eigenvalue weighted by atomic mass is 10.1. The molecule has 0 radical (unpaired) electrons. The van der Waals surface area contributed by atoms with Crippen molar-refractivity contribution in [1.82, 2.24) is 10.0 Å². The molecular formula is C18H18F4N2O4S. The monoisotopic (exact) mass is 434 g/mol. The summed E-state index contributed by atoms with van der Waals surface area (Å²) in [5.41, 5.74) is 0.355. The van der Waals surface area contributed by atoms with Crippen LogP contribution < -0.4 is 14.8 Å². The summed E-state index contributed by atoms with van der Waals surface area (Å²) in [5, 5.41) is 2.57. The molecule has 0 bridgehead atoms. The van der Waals surface area contributed by atoms with E-state index in [4.69, 9.17) is 4.74 Å². The molecular weight excluding hydrogens is 416 g/mol. The van der Waals surface area contributed by atoms with Gasteiger partial charge in [-0.1, -0.05) is 12.1 Å². The zero-order valence-corrected chi connectivity index (χ0v) is 16.2. The van der Waals surface area contributed by atoms with Gasteiger partial charge < -0.3 is 10.1 Å². The van der Waals surface area contributed by atoms with E-state index in [0.717, 1.165) is 12.1 Å². The fraction of sp³-hybridized carbons (Fsp3) is 0.278. The van der Waals surface area contributed by atoms with E-state index in [1.54, 1.807) is 13.0 Å². The predicted octanol–water partition coefficient (Wildman–Crippen LogP) is 3.17. The van der Waals surface area contributed by atoms with Crippen LogP contribution in [0.5, 0.6) is 5.75 Å². The van der Waals surface area contributed by atoms with Gasteiger partial charge >= 0.3 is 6.18 Å². The Balaban J connectivity index is 2.15. The van der Waals surface area contributed by atoms with Crippen LogP contribution in [0.3, 0.4) is 0 Å². The van der Waals surface area contributed by atoms with Crippen molar-refractivity contribution >= 4 is 15.9 Å². The van der Waals surface area contributed by atoms with Gasteiger partial charge in [-0.05, 0) is 42.8 Å². The molecule has 0 heterocycles. The summed E-state index contributed by atoms with van der Waals surface area (Å²) in [6, 6.07) is 8.06. The maximum absolute atomic E-state index is 13.8. The molecule has 0 saturated carbocycles. The second kappa shape index (κ2) is 8.78. The third-order valence-electron chi connectivity index (χ3n) is 3.89. The van der Waals surface area contributed by atoms with Crippen LogP contribution in [0.2, 0.25) is 0 Å². The fourth-order valence-electron chi connectivity index (χ4n) is 2.38. The number of ether oxygens (including phenoxy) is 1. The van der Waals surface area contributed by atoms with Crippen LogP contribution in [0.15, 0.2) is 47.4 Å². The molecule has 0 aromatic heterocycles. The van der Waals surface area contributed by atoms with Gasteiger partial charge in [0.05, 0.1) is 18.0 Å². The lowest BCUT2D eigenvalue weighted by Gasteiger charge is -2.16. The Labute approximate surface area is 164 Å². The zero-order chi connectivity index (χ0) is 21.8. The molecule has 2 aromatic rings. The largest absolute Gasteiger partial charge is 0.494 e.